The van der Waals surface area contributed by atoms with Crippen molar-refractivity contribution in [3.8, 4) is 0 Å². The van der Waals surface area contributed by atoms with Crippen LogP contribution in [0, 0.1) is 6.92 Å². The molecule has 0 unspecified atom stereocenters. The summed E-state index contributed by atoms with van der Waals surface area (Å²) in [5.41, 5.74) is 3.75. The Labute approximate surface area is 123 Å². The first-order chi connectivity index (χ1) is 9.15. The normalized spacial score (nSPS) is 14.5. The lowest BCUT2D eigenvalue weighted by molar-refractivity contribution is 0.624. The molecule has 1 aliphatic carbocycles. The van der Waals surface area contributed by atoms with E-state index in [-0.39, 0.29) is 0 Å². The quantitative estimate of drug-likeness (QED) is 0.801. The highest BCUT2D eigenvalue weighted by Crippen LogP contribution is 2.26. The van der Waals surface area contributed by atoms with Gasteiger partial charge in [0.1, 0.15) is 5.82 Å². The molecule has 0 aliphatic heterocycles. The molecule has 2 nitrogen and oxygen atoms in total. The summed E-state index contributed by atoms with van der Waals surface area (Å²) < 4.78 is 2.30. The second-order valence-electron chi connectivity index (χ2n) is 5.08. The molecule has 1 aromatic carbocycles. The van der Waals surface area contributed by atoms with E-state index in [1.54, 1.807) is 6.07 Å². The van der Waals surface area contributed by atoms with Crippen molar-refractivity contribution in [3.63, 3.8) is 0 Å². The van der Waals surface area contributed by atoms with E-state index in [4.69, 9.17) is 23.2 Å². The van der Waals surface area contributed by atoms with Crippen LogP contribution in [0.15, 0.2) is 18.2 Å². The molecular weight excluding hydrogens is 279 g/mol. The number of aromatic nitrogens is 2. The monoisotopic (exact) mass is 294 g/mol. The lowest BCUT2D eigenvalue weighted by Gasteiger charge is -2.15. The van der Waals surface area contributed by atoms with Gasteiger partial charge in [-0.3, -0.25) is 0 Å². The predicted molar refractivity (Wildman–Crippen MR) is 79.2 cm³/mol. The molecule has 100 valence electrons. The van der Waals surface area contributed by atoms with Crippen molar-refractivity contribution in [2.45, 2.75) is 39.2 Å². The van der Waals surface area contributed by atoms with Crippen LogP contribution in [0.1, 0.15) is 35.6 Å². The van der Waals surface area contributed by atoms with Gasteiger partial charge in [-0.2, -0.15) is 0 Å². The number of aryl methyl sites for hydroxylation is 2. The van der Waals surface area contributed by atoms with Crippen molar-refractivity contribution in [2.75, 3.05) is 0 Å². The fourth-order valence-corrected chi connectivity index (χ4v) is 3.23. The Balaban J connectivity index is 1.97. The Kier molecular flexibility index (Phi) is 3.55. The summed E-state index contributed by atoms with van der Waals surface area (Å²) in [6.07, 6.45) is 4.75. The molecule has 4 heteroatoms. The van der Waals surface area contributed by atoms with E-state index in [1.807, 2.05) is 12.1 Å². The van der Waals surface area contributed by atoms with E-state index in [1.165, 1.54) is 24.2 Å². The van der Waals surface area contributed by atoms with Gasteiger partial charge in [-0.05, 0) is 50.3 Å². The van der Waals surface area contributed by atoms with E-state index in [0.29, 0.717) is 5.02 Å². The molecule has 0 amide bonds. The van der Waals surface area contributed by atoms with Gasteiger partial charge in [-0.25, -0.2) is 4.98 Å². The molecule has 3 rings (SSSR count). The molecule has 0 N–H and O–H groups in total. The molecule has 1 aromatic heterocycles. The third-order valence-electron chi connectivity index (χ3n) is 3.77. The molecule has 19 heavy (non-hydrogen) atoms. The van der Waals surface area contributed by atoms with Gasteiger partial charge in [0.25, 0.3) is 0 Å². The average molecular weight is 295 g/mol. The van der Waals surface area contributed by atoms with Crippen molar-refractivity contribution in [1.29, 1.82) is 0 Å². The molecule has 0 saturated heterocycles. The molecular formula is C15H16Cl2N2. The molecule has 1 heterocycles. The van der Waals surface area contributed by atoms with Crippen LogP contribution >= 0.6 is 23.2 Å². The van der Waals surface area contributed by atoms with Crippen molar-refractivity contribution in [3.05, 3.63) is 51.0 Å². The maximum atomic E-state index is 6.26. The molecule has 0 fully saturated rings. The van der Waals surface area contributed by atoms with Crippen molar-refractivity contribution in [1.82, 2.24) is 9.55 Å². The molecule has 2 aromatic rings. The second-order valence-corrected chi connectivity index (χ2v) is 5.93. The number of hydrogen-bond acceptors (Lipinski definition) is 1. The zero-order valence-electron chi connectivity index (χ0n) is 10.9. The highest BCUT2D eigenvalue weighted by atomic mass is 35.5. The fraction of sp³-hybridized carbons (Fsp3) is 0.400. The minimum Gasteiger partial charge on any atom is -0.328 e. The van der Waals surface area contributed by atoms with Crippen LogP contribution in [0.25, 0.3) is 0 Å². The fourth-order valence-electron chi connectivity index (χ4n) is 2.77. The van der Waals surface area contributed by atoms with Crippen LogP contribution < -0.4 is 0 Å². The maximum absolute atomic E-state index is 6.26. The predicted octanol–water partition coefficient (Wildman–Crippen LogP) is 4.43. The van der Waals surface area contributed by atoms with E-state index >= 15 is 0 Å². The number of hydrogen-bond donors (Lipinski definition) is 0. The van der Waals surface area contributed by atoms with Crippen molar-refractivity contribution < 1.29 is 0 Å². The molecule has 0 atom stereocenters. The van der Waals surface area contributed by atoms with Gasteiger partial charge in [0, 0.05) is 15.7 Å². The number of imidazole rings is 1. The van der Waals surface area contributed by atoms with E-state index in [2.05, 4.69) is 16.5 Å². The molecule has 0 saturated carbocycles. The van der Waals surface area contributed by atoms with Crippen LogP contribution in [0.5, 0.6) is 0 Å². The molecule has 1 aliphatic rings. The molecule has 0 bridgehead atoms. The first-order valence-electron chi connectivity index (χ1n) is 6.64. The summed E-state index contributed by atoms with van der Waals surface area (Å²) in [5, 5.41) is 1.41. The standard InChI is InChI=1S/C15H16Cl2N2/c1-10-18-14-4-2-3-5-15(14)19(10)9-11-6-7-12(16)8-13(11)17/h6-8H,2-5,9H2,1H3. The molecule has 0 radical (unpaired) electrons. The first kappa shape index (κ1) is 13.0. The number of fused-ring (bicyclic) bond motifs is 1. The third-order valence-corrected chi connectivity index (χ3v) is 4.35. The summed E-state index contributed by atoms with van der Waals surface area (Å²) in [6.45, 7) is 2.85. The van der Waals surface area contributed by atoms with Crippen molar-refractivity contribution >= 4 is 23.2 Å². The Bertz CT molecular complexity index is 617. The van der Waals surface area contributed by atoms with Gasteiger partial charge in [-0.1, -0.05) is 29.3 Å². The molecule has 0 spiro atoms. The van der Waals surface area contributed by atoms with Gasteiger partial charge in [-0.15, -0.1) is 0 Å². The smallest absolute Gasteiger partial charge is 0.106 e. The summed E-state index contributed by atoms with van der Waals surface area (Å²) in [5.74, 6) is 1.08. The lowest BCUT2D eigenvalue weighted by Crippen LogP contribution is -2.10. The van der Waals surface area contributed by atoms with Gasteiger partial charge in [0.2, 0.25) is 0 Å². The van der Waals surface area contributed by atoms with Gasteiger partial charge >= 0.3 is 0 Å². The topological polar surface area (TPSA) is 17.8 Å². The Morgan fingerprint density at radius 3 is 2.79 bits per heavy atom. The zero-order chi connectivity index (χ0) is 13.4. The summed E-state index contributed by atoms with van der Waals surface area (Å²) >= 11 is 12.2. The SMILES string of the molecule is Cc1nc2c(n1Cc1ccc(Cl)cc1Cl)CCCC2. The number of rotatable bonds is 2. The second kappa shape index (κ2) is 5.18. The minimum absolute atomic E-state index is 0.679. The van der Waals surface area contributed by atoms with Gasteiger partial charge in [0.15, 0.2) is 0 Å². The van der Waals surface area contributed by atoms with Crippen LogP contribution in [0.4, 0.5) is 0 Å². The van der Waals surface area contributed by atoms with E-state index in [0.717, 1.165) is 35.8 Å². The maximum Gasteiger partial charge on any atom is 0.106 e. The average Bonchev–Trinajstić information content (AvgIpc) is 2.69. The largest absolute Gasteiger partial charge is 0.328 e. The van der Waals surface area contributed by atoms with E-state index in [9.17, 15) is 0 Å². The Morgan fingerprint density at radius 1 is 1.21 bits per heavy atom. The summed E-state index contributed by atoms with van der Waals surface area (Å²) in [6, 6.07) is 5.69. The summed E-state index contributed by atoms with van der Waals surface area (Å²) in [4.78, 5) is 4.69. The van der Waals surface area contributed by atoms with Crippen LogP contribution in [0.2, 0.25) is 10.0 Å². The van der Waals surface area contributed by atoms with Crippen LogP contribution in [-0.2, 0) is 19.4 Å². The highest BCUT2D eigenvalue weighted by molar-refractivity contribution is 6.35. The van der Waals surface area contributed by atoms with Gasteiger partial charge in [0.05, 0.1) is 12.2 Å². The first-order valence-corrected chi connectivity index (χ1v) is 7.39. The van der Waals surface area contributed by atoms with Crippen molar-refractivity contribution in [2.24, 2.45) is 0 Å². The minimum atomic E-state index is 0.679. The highest BCUT2D eigenvalue weighted by Gasteiger charge is 2.18. The van der Waals surface area contributed by atoms with Gasteiger partial charge < -0.3 is 4.57 Å². The lowest BCUT2D eigenvalue weighted by atomic mass is 10.0. The number of benzene rings is 1. The summed E-state index contributed by atoms with van der Waals surface area (Å²) in [7, 11) is 0. The third kappa shape index (κ3) is 2.52. The zero-order valence-corrected chi connectivity index (χ0v) is 12.4. The Hall–Kier alpha value is -0.990. The van der Waals surface area contributed by atoms with Crippen LogP contribution in [0.3, 0.4) is 0 Å². The van der Waals surface area contributed by atoms with Crippen LogP contribution in [-0.4, -0.2) is 9.55 Å². The number of halogens is 2. The Morgan fingerprint density at radius 2 is 2.00 bits per heavy atom. The van der Waals surface area contributed by atoms with E-state index < -0.39 is 0 Å². The number of nitrogens with zero attached hydrogens (tertiary/aromatic N) is 2.